The van der Waals surface area contributed by atoms with Crippen molar-refractivity contribution in [3.63, 3.8) is 0 Å². The fourth-order valence-corrected chi connectivity index (χ4v) is 3.43. The van der Waals surface area contributed by atoms with Crippen molar-refractivity contribution in [1.82, 2.24) is 14.7 Å². The molecule has 0 bridgehead atoms. The van der Waals surface area contributed by atoms with Crippen LogP contribution in [0.5, 0.6) is 0 Å². The van der Waals surface area contributed by atoms with Gasteiger partial charge >= 0.3 is 6.18 Å². The maximum absolute atomic E-state index is 13.0. The Labute approximate surface area is 136 Å². The highest BCUT2D eigenvalue weighted by molar-refractivity contribution is 7.96. The number of aromatic nitrogens is 2. The van der Waals surface area contributed by atoms with Crippen molar-refractivity contribution in [3.05, 3.63) is 30.1 Å². The number of rotatable bonds is 3. The van der Waals surface area contributed by atoms with E-state index in [-0.39, 0.29) is 0 Å². The molecule has 23 heavy (non-hydrogen) atoms. The summed E-state index contributed by atoms with van der Waals surface area (Å²) in [6.07, 6.45) is 1.04. The molecule has 4 nitrogen and oxygen atoms in total. The van der Waals surface area contributed by atoms with Gasteiger partial charge in [-0.3, -0.25) is 4.72 Å². The first-order valence-electron chi connectivity index (χ1n) is 7.34. The lowest BCUT2D eigenvalue weighted by Gasteiger charge is -2.34. The normalized spacial score (nSPS) is 19.3. The second-order valence-electron chi connectivity index (χ2n) is 5.53. The topological polar surface area (TPSA) is 41.0 Å². The molecule has 0 saturated carbocycles. The molecule has 0 aliphatic carbocycles. The minimum absolute atomic E-state index is 0.301. The Kier molecular flexibility index (Phi) is 4.63. The van der Waals surface area contributed by atoms with Crippen LogP contribution in [0.15, 0.2) is 24.5 Å². The van der Waals surface area contributed by atoms with Crippen LogP contribution in [-0.2, 0) is 6.18 Å². The van der Waals surface area contributed by atoms with Crippen LogP contribution >= 0.6 is 11.9 Å². The van der Waals surface area contributed by atoms with Gasteiger partial charge in [-0.05, 0) is 37.3 Å². The zero-order valence-electron chi connectivity index (χ0n) is 12.6. The van der Waals surface area contributed by atoms with E-state index in [1.54, 1.807) is 11.9 Å². The number of halogens is 3. The Hall–Kier alpha value is -1.54. The summed E-state index contributed by atoms with van der Waals surface area (Å²) in [5.74, 6) is 0.578. The van der Waals surface area contributed by atoms with E-state index in [0.29, 0.717) is 22.8 Å². The van der Waals surface area contributed by atoms with Gasteiger partial charge in [0.1, 0.15) is 12.1 Å². The van der Waals surface area contributed by atoms with Crippen molar-refractivity contribution in [2.75, 3.05) is 24.2 Å². The molecule has 1 fully saturated rings. The number of piperidine rings is 1. The average Bonchev–Trinajstić information content (AvgIpc) is 2.53. The van der Waals surface area contributed by atoms with Gasteiger partial charge in [0.25, 0.3) is 0 Å². The van der Waals surface area contributed by atoms with Gasteiger partial charge in [-0.25, -0.2) is 9.97 Å². The number of fused-ring (bicyclic) bond motifs is 1. The molecule has 1 unspecified atom stereocenters. The van der Waals surface area contributed by atoms with Gasteiger partial charge in [0.05, 0.1) is 11.1 Å². The van der Waals surface area contributed by atoms with E-state index in [4.69, 9.17) is 0 Å². The zero-order valence-corrected chi connectivity index (χ0v) is 13.4. The Morgan fingerprint density at radius 2 is 2.13 bits per heavy atom. The summed E-state index contributed by atoms with van der Waals surface area (Å²) in [6.45, 7) is 1.51. The molecule has 1 atom stereocenters. The molecule has 1 aliphatic heterocycles. The fraction of sp³-hybridized carbons (Fsp3) is 0.467. The molecule has 2 heterocycles. The van der Waals surface area contributed by atoms with Crippen LogP contribution in [-0.4, -0.2) is 35.4 Å². The van der Waals surface area contributed by atoms with Crippen molar-refractivity contribution < 1.29 is 13.2 Å². The van der Waals surface area contributed by atoms with Crippen LogP contribution in [0.25, 0.3) is 10.9 Å². The summed E-state index contributed by atoms with van der Waals surface area (Å²) in [4.78, 5) is 10.4. The summed E-state index contributed by atoms with van der Waals surface area (Å²) in [5.41, 5.74) is -0.139. The number of anilines is 1. The van der Waals surface area contributed by atoms with E-state index < -0.39 is 11.7 Å². The lowest BCUT2D eigenvalue weighted by atomic mass is 10.1. The Bertz CT molecular complexity index is 690. The van der Waals surface area contributed by atoms with Crippen molar-refractivity contribution in [1.29, 1.82) is 0 Å². The van der Waals surface area contributed by atoms with E-state index in [1.165, 1.54) is 12.4 Å². The largest absolute Gasteiger partial charge is 0.416 e. The molecule has 3 rings (SSSR count). The maximum Gasteiger partial charge on any atom is 0.416 e. The summed E-state index contributed by atoms with van der Waals surface area (Å²) >= 11 is 1.56. The van der Waals surface area contributed by atoms with E-state index in [1.807, 2.05) is 11.2 Å². The van der Waals surface area contributed by atoms with Crippen LogP contribution in [0.1, 0.15) is 18.4 Å². The number of benzene rings is 1. The molecule has 1 aromatic carbocycles. The molecule has 1 aliphatic rings. The minimum Gasteiger partial charge on any atom is -0.354 e. The molecular formula is C15H17F3N4S. The van der Waals surface area contributed by atoms with Gasteiger partial charge in [-0.1, -0.05) is 11.9 Å². The molecule has 2 aromatic rings. The van der Waals surface area contributed by atoms with Gasteiger partial charge in [-0.2, -0.15) is 13.2 Å². The summed E-state index contributed by atoms with van der Waals surface area (Å²) in [7, 11) is 0. The van der Waals surface area contributed by atoms with Crippen LogP contribution in [0.3, 0.4) is 0 Å². The molecule has 0 amide bonds. The van der Waals surface area contributed by atoms with Crippen molar-refractivity contribution in [2.24, 2.45) is 0 Å². The number of hydrogen-bond acceptors (Lipinski definition) is 5. The predicted molar refractivity (Wildman–Crippen MR) is 86.4 cm³/mol. The molecule has 1 N–H and O–H groups in total. The highest BCUT2D eigenvalue weighted by Crippen LogP contribution is 2.34. The van der Waals surface area contributed by atoms with Crippen molar-refractivity contribution in [3.8, 4) is 0 Å². The van der Waals surface area contributed by atoms with Gasteiger partial charge in [0, 0.05) is 24.5 Å². The molecule has 1 saturated heterocycles. The zero-order chi connectivity index (χ0) is 16.4. The molecule has 1 aromatic heterocycles. The summed E-state index contributed by atoms with van der Waals surface area (Å²) in [5, 5.41) is 0.451. The van der Waals surface area contributed by atoms with Crippen LogP contribution in [0, 0.1) is 0 Å². The van der Waals surface area contributed by atoms with Gasteiger partial charge < -0.3 is 4.90 Å². The molecule has 0 radical (unpaired) electrons. The summed E-state index contributed by atoms with van der Waals surface area (Å²) < 4.78 is 42.3. The second kappa shape index (κ2) is 6.52. The summed E-state index contributed by atoms with van der Waals surface area (Å²) in [6, 6.07) is 3.92. The third-order valence-corrected chi connectivity index (χ3v) is 4.52. The van der Waals surface area contributed by atoms with Crippen molar-refractivity contribution in [2.45, 2.75) is 25.1 Å². The highest BCUT2D eigenvalue weighted by atomic mass is 32.2. The van der Waals surface area contributed by atoms with E-state index in [9.17, 15) is 13.2 Å². The van der Waals surface area contributed by atoms with Gasteiger partial charge in [-0.15, -0.1) is 0 Å². The number of nitrogens with one attached hydrogen (secondary N) is 1. The van der Waals surface area contributed by atoms with E-state index >= 15 is 0 Å². The quantitative estimate of drug-likeness (QED) is 0.865. The molecule has 8 heteroatoms. The number of alkyl halides is 3. The van der Waals surface area contributed by atoms with Gasteiger partial charge in [0.2, 0.25) is 0 Å². The smallest absolute Gasteiger partial charge is 0.354 e. The molecule has 124 valence electrons. The standard InChI is InChI=1S/C15H17F3N4S/c1-23-21-11-3-2-6-22(8-11)14-12-7-10(15(16,17)18)4-5-13(12)19-9-20-14/h4-5,7,9,11,21H,2-3,6,8H2,1H3. The first kappa shape index (κ1) is 16.3. The van der Waals surface area contributed by atoms with E-state index in [0.717, 1.165) is 38.1 Å². The minimum atomic E-state index is -4.37. The van der Waals surface area contributed by atoms with E-state index in [2.05, 4.69) is 14.7 Å². The lowest BCUT2D eigenvalue weighted by molar-refractivity contribution is -0.137. The van der Waals surface area contributed by atoms with Crippen LogP contribution in [0.2, 0.25) is 0 Å². The van der Waals surface area contributed by atoms with Crippen molar-refractivity contribution >= 4 is 28.7 Å². The Morgan fingerprint density at radius 1 is 1.30 bits per heavy atom. The van der Waals surface area contributed by atoms with Crippen LogP contribution < -0.4 is 9.62 Å². The third kappa shape index (κ3) is 3.53. The molecule has 0 spiro atoms. The lowest BCUT2D eigenvalue weighted by Crippen LogP contribution is -2.44. The Morgan fingerprint density at radius 3 is 2.87 bits per heavy atom. The SMILES string of the molecule is CSNC1CCCN(c2ncnc3ccc(C(F)(F)F)cc23)C1. The predicted octanol–water partition coefficient (Wildman–Crippen LogP) is 3.49. The molecular weight excluding hydrogens is 325 g/mol. The first-order valence-corrected chi connectivity index (χ1v) is 8.57. The highest BCUT2D eigenvalue weighted by Gasteiger charge is 2.31. The maximum atomic E-state index is 13.0. The third-order valence-electron chi connectivity index (χ3n) is 3.95. The van der Waals surface area contributed by atoms with Gasteiger partial charge in [0.15, 0.2) is 0 Å². The number of nitrogens with zero attached hydrogens (tertiary/aromatic N) is 3. The Balaban J connectivity index is 1.99. The van der Waals surface area contributed by atoms with Crippen LogP contribution in [0.4, 0.5) is 19.0 Å². The fourth-order valence-electron chi connectivity index (χ4n) is 2.90. The second-order valence-corrected chi connectivity index (χ2v) is 6.18. The average molecular weight is 342 g/mol. The monoisotopic (exact) mass is 342 g/mol. The first-order chi connectivity index (χ1) is 11.0. The number of hydrogen-bond donors (Lipinski definition) is 1.